The minimum absolute atomic E-state index is 0.0227. The highest BCUT2D eigenvalue weighted by molar-refractivity contribution is 6.19. The molecule has 0 atom stereocenters. The zero-order valence-corrected chi connectivity index (χ0v) is 47.0. The molecule has 82 heavy (non-hydrogen) atoms. The van der Waals surface area contributed by atoms with Crippen LogP contribution in [-0.4, -0.2) is 0 Å². The lowest BCUT2D eigenvalue weighted by Crippen LogP contribution is -2.14. The molecule has 0 saturated heterocycles. The van der Waals surface area contributed by atoms with Gasteiger partial charge < -0.3 is 18.6 Å². The van der Waals surface area contributed by atoms with Crippen LogP contribution in [0, 0.1) is 0 Å². The lowest BCUT2D eigenvalue weighted by atomic mass is 9.87. The molecule has 0 N–H and O–H groups in total. The maximum Gasteiger partial charge on any atom is 0.139 e. The second-order valence-corrected chi connectivity index (χ2v) is 24.2. The van der Waals surface area contributed by atoms with E-state index in [1.54, 1.807) is 0 Å². The fraction of sp³-hybridized carbons (Fsp3) is 0.103. The first-order valence-electron chi connectivity index (χ1n) is 28.5. The van der Waals surface area contributed by atoms with E-state index >= 15 is 0 Å². The van der Waals surface area contributed by atoms with E-state index < -0.39 is 0 Å². The Hall–Kier alpha value is -9.90. The number of rotatable bonds is 8. The highest BCUT2D eigenvalue weighted by Crippen LogP contribution is 2.49. The summed E-state index contributed by atoms with van der Waals surface area (Å²) < 4.78 is 13.6. The van der Waals surface area contributed by atoms with Crippen molar-refractivity contribution in [1.29, 1.82) is 0 Å². The summed E-state index contributed by atoms with van der Waals surface area (Å²) >= 11 is 0. The second kappa shape index (κ2) is 18.9. The van der Waals surface area contributed by atoms with E-state index in [1.807, 2.05) is 0 Å². The lowest BCUT2D eigenvalue weighted by molar-refractivity contribution is 0.590. The third-order valence-corrected chi connectivity index (χ3v) is 16.9. The van der Waals surface area contributed by atoms with Gasteiger partial charge in [-0.2, -0.15) is 0 Å². The first-order valence-corrected chi connectivity index (χ1v) is 28.5. The monoisotopic (exact) mass is 1060 g/mol. The minimum atomic E-state index is 0.0227. The molecule has 0 bridgehead atoms. The van der Waals surface area contributed by atoms with Crippen molar-refractivity contribution in [3.05, 3.63) is 266 Å². The zero-order valence-electron chi connectivity index (χ0n) is 47.0. The molecular formula is C78H60N2O2. The van der Waals surface area contributed by atoms with Crippen LogP contribution in [0.15, 0.2) is 264 Å². The van der Waals surface area contributed by atoms with Crippen molar-refractivity contribution in [3.8, 4) is 22.3 Å². The van der Waals surface area contributed by atoms with Gasteiger partial charge in [-0.1, -0.05) is 199 Å². The number of fused-ring (bicyclic) bond motifs is 10. The topological polar surface area (TPSA) is 32.8 Å². The van der Waals surface area contributed by atoms with Crippen LogP contribution in [0.3, 0.4) is 0 Å². The van der Waals surface area contributed by atoms with Gasteiger partial charge in [0.25, 0.3) is 0 Å². The molecule has 0 aliphatic rings. The molecule has 0 spiro atoms. The van der Waals surface area contributed by atoms with E-state index in [-0.39, 0.29) is 10.8 Å². The van der Waals surface area contributed by atoms with Gasteiger partial charge in [-0.05, 0) is 167 Å². The van der Waals surface area contributed by atoms with Gasteiger partial charge in [-0.25, -0.2) is 0 Å². The second-order valence-electron chi connectivity index (χ2n) is 24.2. The summed E-state index contributed by atoms with van der Waals surface area (Å²) in [7, 11) is 0. The van der Waals surface area contributed by atoms with Crippen molar-refractivity contribution in [1.82, 2.24) is 0 Å². The molecule has 2 heterocycles. The number of nitrogens with zero attached hydrogens (tertiary/aromatic N) is 2. The molecule has 0 unspecified atom stereocenters. The van der Waals surface area contributed by atoms with Crippen molar-refractivity contribution in [2.45, 2.75) is 52.4 Å². The number of benzene rings is 13. The van der Waals surface area contributed by atoms with Crippen molar-refractivity contribution >= 4 is 121 Å². The summed E-state index contributed by atoms with van der Waals surface area (Å²) in [6, 6.07) is 93.3. The molecule has 15 rings (SSSR count). The minimum Gasteiger partial charge on any atom is -0.456 e. The summed E-state index contributed by atoms with van der Waals surface area (Å²) in [6.07, 6.45) is 0. The summed E-state index contributed by atoms with van der Waals surface area (Å²) in [5, 5.41) is 13.6. The van der Waals surface area contributed by atoms with E-state index in [1.165, 1.54) is 54.9 Å². The fourth-order valence-corrected chi connectivity index (χ4v) is 12.6. The summed E-state index contributed by atoms with van der Waals surface area (Å²) in [6.45, 7) is 13.6. The zero-order chi connectivity index (χ0) is 55.4. The maximum absolute atomic E-state index is 6.82. The molecule has 2 aromatic heterocycles. The van der Waals surface area contributed by atoms with Gasteiger partial charge in [0.2, 0.25) is 0 Å². The average Bonchev–Trinajstić information content (AvgIpc) is 4.08. The summed E-state index contributed by atoms with van der Waals surface area (Å²) in [5.41, 5.74) is 17.2. The molecule has 0 amide bonds. The highest BCUT2D eigenvalue weighted by Gasteiger charge is 2.25. The Morgan fingerprint density at radius 2 is 0.610 bits per heavy atom. The van der Waals surface area contributed by atoms with E-state index in [9.17, 15) is 0 Å². The molecule has 13 aromatic carbocycles. The predicted octanol–water partition coefficient (Wildman–Crippen LogP) is 23.0. The molecular weight excluding hydrogens is 997 g/mol. The number of hydrogen-bond acceptors (Lipinski definition) is 4. The van der Waals surface area contributed by atoms with E-state index in [4.69, 9.17) is 8.83 Å². The third-order valence-electron chi connectivity index (χ3n) is 16.9. The van der Waals surface area contributed by atoms with Crippen LogP contribution >= 0.6 is 0 Å². The normalized spacial score (nSPS) is 12.3. The predicted molar refractivity (Wildman–Crippen MR) is 349 cm³/mol. The number of furan rings is 2. The highest BCUT2D eigenvalue weighted by atomic mass is 16.3. The Kier molecular flexibility index (Phi) is 11.3. The van der Waals surface area contributed by atoms with Crippen LogP contribution in [0.5, 0.6) is 0 Å². The quantitative estimate of drug-likeness (QED) is 0.152. The van der Waals surface area contributed by atoms with Gasteiger partial charge >= 0.3 is 0 Å². The van der Waals surface area contributed by atoms with Gasteiger partial charge in [0.15, 0.2) is 0 Å². The van der Waals surface area contributed by atoms with Crippen molar-refractivity contribution in [2.75, 3.05) is 9.80 Å². The van der Waals surface area contributed by atoms with Crippen molar-refractivity contribution in [3.63, 3.8) is 0 Å². The van der Waals surface area contributed by atoms with E-state index in [0.717, 1.165) is 99.5 Å². The Morgan fingerprint density at radius 1 is 0.256 bits per heavy atom. The van der Waals surface area contributed by atoms with Crippen LogP contribution in [0.25, 0.3) is 109 Å². The lowest BCUT2D eigenvalue weighted by Gasteiger charge is -2.30. The molecule has 0 aliphatic carbocycles. The molecule has 4 heteroatoms. The Morgan fingerprint density at radius 3 is 1.02 bits per heavy atom. The molecule has 4 nitrogen and oxygen atoms in total. The average molecular weight is 1060 g/mol. The standard InChI is InChI=1S/C78H60N2O2/c1-77(2,3)57-29-35-59(36-30-57)79(69-39-27-49-17-13-15-23-63(49)75(69)51-19-9-7-10-20-51)61-33-25-53-43-65-67-47-68-66-44-54-26-34-62(42-56(54)46-72(66)82-74(68)48-73(67)81-71(65)45-55(53)41-61)80(60-37-31-58(32-38-60)78(4,5)6)70-40-28-50-18-14-16-24-64(50)76(70)52-21-11-8-12-22-52/h7-48H,1-6H3. The maximum atomic E-state index is 6.82. The first kappa shape index (κ1) is 49.2. The summed E-state index contributed by atoms with van der Waals surface area (Å²) in [4.78, 5) is 4.84. The largest absolute Gasteiger partial charge is 0.456 e. The van der Waals surface area contributed by atoms with Crippen molar-refractivity contribution < 1.29 is 8.83 Å². The van der Waals surface area contributed by atoms with Gasteiger partial charge in [0, 0.05) is 61.5 Å². The van der Waals surface area contributed by atoms with Gasteiger partial charge in [0.05, 0.1) is 11.4 Å². The number of hydrogen-bond donors (Lipinski definition) is 0. The van der Waals surface area contributed by atoms with Crippen LogP contribution < -0.4 is 9.80 Å². The van der Waals surface area contributed by atoms with Gasteiger partial charge in [-0.3, -0.25) is 0 Å². The van der Waals surface area contributed by atoms with Crippen LogP contribution in [0.1, 0.15) is 52.7 Å². The van der Waals surface area contributed by atoms with Gasteiger partial charge in [0.1, 0.15) is 22.3 Å². The van der Waals surface area contributed by atoms with Crippen LogP contribution in [-0.2, 0) is 10.8 Å². The molecule has 0 fully saturated rings. The van der Waals surface area contributed by atoms with E-state index in [0.29, 0.717) is 0 Å². The molecule has 394 valence electrons. The van der Waals surface area contributed by atoms with Crippen LogP contribution in [0.4, 0.5) is 34.1 Å². The molecule has 0 saturated carbocycles. The number of anilines is 6. The SMILES string of the molecule is CC(C)(C)c1ccc(N(c2ccc3cc4c(cc3c2)oc2cc3oc5cc6cc(N(c7ccc(C(C)(C)C)cc7)c7ccc8ccccc8c7-c7ccccc7)ccc6cc5c3cc24)c2ccc3ccccc3c2-c2ccccc2)cc1. The first-order chi connectivity index (χ1) is 39.9. The van der Waals surface area contributed by atoms with Crippen LogP contribution in [0.2, 0.25) is 0 Å². The molecule has 15 aromatic rings. The molecule has 0 aliphatic heterocycles. The Labute approximate surface area is 477 Å². The van der Waals surface area contributed by atoms with Gasteiger partial charge in [-0.15, -0.1) is 0 Å². The fourth-order valence-electron chi connectivity index (χ4n) is 12.6. The third kappa shape index (κ3) is 8.36. The summed E-state index contributed by atoms with van der Waals surface area (Å²) in [5.74, 6) is 0. The molecule has 0 radical (unpaired) electrons. The smallest absolute Gasteiger partial charge is 0.139 e. The van der Waals surface area contributed by atoms with E-state index in [2.05, 4.69) is 306 Å². The van der Waals surface area contributed by atoms with Crippen molar-refractivity contribution in [2.24, 2.45) is 0 Å². The Balaban J connectivity index is 0.841. The Bertz CT molecular complexity index is 4670.